The van der Waals surface area contributed by atoms with Crippen molar-refractivity contribution < 1.29 is 16.8 Å². The first-order valence-electron chi connectivity index (χ1n) is 3.41. The summed E-state index contributed by atoms with van der Waals surface area (Å²) in [6, 6.07) is 0. The maximum absolute atomic E-state index is 2.20. The highest BCUT2D eigenvalue weighted by Crippen LogP contribution is 2.26. The molecule has 0 saturated carbocycles. The molecule has 2 aromatic heterocycles. The molecule has 12 heavy (non-hydrogen) atoms. The third-order valence-corrected chi connectivity index (χ3v) is 4.50. The Bertz CT molecular complexity index is 326. The maximum atomic E-state index is 2.20. The minimum Gasteiger partial charge on any atom is -1.00 e. The van der Waals surface area contributed by atoms with E-state index in [0.29, 0.717) is 0 Å². The molecule has 0 spiro atoms. The first-order chi connectivity index (χ1) is 5.40. The lowest BCUT2D eigenvalue weighted by Crippen LogP contribution is -3.00. The van der Waals surface area contributed by atoms with Gasteiger partial charge in [0, 0.05) is 0 Å². The van der Waals surface area contributed by atoms with E-state index in [0.717, 1.165) is 5.75 Å². The molecule has 1 nitrogen and oxygen atoms in total. The number of fused-ring (bicyclic) bond motifs is 1. The fourth-order valence-electron chi connectivity index (χ4n) is 0.883. The zero-order valence-electron chi connectivity index (χ0n) is 6.49. The smallest absolute Gasteiger partial charge is 0.326 e. The highest BCUT2D eigenvalue weighted by atomic mass is 35.5. The van der Waals surface area contributed by atoms with Crippen LogP contribution >= 0.6 is 34.4 Å². The third kappa shape index (κ3) is 1.93. The first-order valence-corrected chi connectivity index (χ1v) is 6.09. The number of aromatic nitrogens is 1. The maximum Gasteiger partial charge on any atom is 0.326 e. The van der Waals surface area contributed by atoms with Crippen LogP contribution in [-0.4, -0.2) is 5.75 Å². The van der Waals surface area contributed by atoms with E-state index in [-0.39, 0.29) is 12.4 Å². The molecule has 0 radical (unpaired) electrons. The van der Waals surface area contributed by atoms with Crippen molar-refractivity contribution in [1.29, 1.82) is 0 Å². The molecule has 2 heterocycles. The van der Waals surface area contributed by atoms with Crippen LogP contribution in [-0.2, 0) is 0 Å². The van der Waals surface area contributed by atoms with Gasteiger partial charge in [-0.25, -0.2) is 0 Å². The fraction of sp³-hybridized carbons (Fsp3) is 0.286. The molecule has 0 aliphatic heterocycles. The van der Waals surface area contributed by atoms with Crippen molar-refractivity contribution in [3.63, 3.8) is 0 Å². The normalized spacial score (nSPS) is 10.1. The standard InChI is InChI=1S/C7H8NS3.ClH/c1-2-9-6-5-8-3-4-10-7(8)11-6;/h3-5H,2H2,1H3;1H/q+1;/p-1. The molecule has 0 fully saturated rings. The summed E-state index contributed by atoms with van der Waals surface area (Å²) in [6.07, 6.45) is 4.31. The summed E-state index contributed by atoms with van der Waals surface area (Å²) >= 11 is 5.59. The molecule has 0 atom stereocenters. The summed E-state index contributed by atoms with van der Waals surface area (Å²) in [5.41, 5.74) is 0. The zero-order valence-corrected chi connectivity index (χ0v) is 9.69. The molecule has 0 aliphatic rings. The largest absolute Gasteiger partial charge is 1.00 e. The van der Waals surface area contributed by atoms with Crippen LogP contribution in [0.2, 0.25) is 0 Å². The molecular weight excluding hydrogens is 230 g/mol. The van der Waals surface area contributed by atoms with Gasteiger partial charge in [0.2, 0.25) is 6.20 Å². The molecule has 5 heteroatoms. The van der Waals surface area contributed by atoms with Gasteiger partial charge in [-0.05, 0) is 17.1 Å². The lowest BCUT2D eigenvalue weighted by Gasteiger charge is -1.82. The van der Waals surface area contributed by atoms with Gasteiger partial charge in [0.05, 0.1) is 5.38 Å². The van der Waals surface area contributed by atoms with Crippen LogP contribution in [0, 0.1) is 0 Å². The van der Waals surface area contributed by atoms with Crippen molar-refractivity contribution in [2.45, 2.75) is 11.1 Å². The summed E-state index contributed by atoms with van der Waals surface area (Å²) in [4.78, 5) is 0. The molecule has 0 aromatic carbocycles. The van der Waals surface area contributed by atoms with Gasteiger partial charge in [-0.3, -0.25) is 0 Å². The van der Waals surface area contributed by atoms with E-state index in [1.54, 1.807) is 11.3 Å². The molecule has 0 saturated heterocycles. The van der Waals surface area contributed by atoms with Gasteiger partial charge in [0.1, 0.15) is 4.21 Å². The second kappa shape index (κ2) is 4.46. The van der Waals surface area contributed by atoms with Crippen molar-refractivity contribution in [1.82, 2.24) is 0 Å². The van der Waals surface area contributed by atoms with Gasteiger partial charge >= 0.3 is 4.14 Å². The Morgan fingerprint density at radius 2 is 2.42 bits per heavy atom. The van der Waals surface area contributed by atoms with Crippen LogP contribution in [0.15, 0.2) is 22.0 Å². The second-order valence-corrected chi connectivity index (χ2v) is 5.81. The summed E-state index contributed by atoms with van der Waals surface area (Å²) in [5, 5.41) is 2.12. The molecule has 0 unspecified atom stereocenters. The number of nitrogens with zero attached hydrogens (tertiary/aromatic N) is 1. The summed E-state index contributed by atoms with van der Waals surface area (Å²) < 4.78 is 4.98. The number of hydrogen-bond acceptors (Lipinski definition) is 3. The molecule has 2 aromatic rings. The highest BCUT2D eigenvalue weighted by molar-refractivity contribution is 8.01. The lowest BCUT2D eigenvalue weighted by molar-refractivity contribution is -0.504. The van der Waals surface area contributed by atoms with E-state index in [4.69, 9.17) is 0 Å². The zero-order chi connectivity index (χ0) is 7.68. The van der Waals surface area contributed by atoms with Crippen LogP contribution in [0.25, 0.3) is 4.14 Å². The van der Waals surface area contributed by atoms with Crippen LogP contribution < -0.4 is 16.8 Å². The van der Waals surface area contributed by atoms with Crippen LogP contribution in [0.4, 0.5) is 0 Å². The minimum absolute atomic E-state index is 0. The van der Waals surface area contributed by atoms with E-state index in [9.17, 15) is 0 Å². The van der Waals surface area contributed by atoms with Crippen molar-refractivity contribution in [3.8, 4) is 0 Å². The van der Waals surface area contributed by atoms with Crippen LogP contribution in [0.1, 0.15) is 6.92 Å². The van der Waals surface area contributed by atoms with Crippen LogP contribution in [0.3, 0.4) is 0 Å². The number of thiazole rings is 2. The van der Waals surface area contributed by atoms with E-state index in [2.05, 4.69) is 29.1 Å². The summed E-state index contributed by atoms with van der Waals surface area (Å²) in [6.45, 7) is 2.18. The van der Waals surface area contributed by atoms with Crippen molar-refractivity contribution in [2.24, 2.45) is 0 Å². The van der Waals surface area contributed by atoms with E-state index in [1.165, 1.54) is 8.35 Å². The second-order valence-electron chi connectivity index (χ2n) is 2.06. The van der Waals surface area contributed by atoms with Gasteiger partial charge in [0.15, 0.2) is 6.20 Å². The average molecular weight is 238 g/mol. The molecule has 0 aliphatic carbocycles. The third-order valence-electron chi connectivity index (χ3n) is 1.32. The van der Waals surface area contributed by atoms with Crippen molar-refractivity contribution in [2.75, 3.05) is 5.75 Å². The van der Waals surface area contributed by atoms with Crippen LogP contribution in [0.5, 0.6) is 0 Å². The van der Waals surface area contributed by atoms with Gasteiger partial charge in [0.25, 0.3) is 0 Å². The molecule has 66 valence electrons. The highest BCUT2D eigenvalue weighted by Gasteiger charge is 2.09. The fourth-order valence-corrected chi connectivity index (χ4v) is 4.07. The van der Waals surface area contributed by atoms with Gasteiger partial charge in [-0.1, -0.05) is 18.3 Å². The topological polar surface area (TPSA) is 4.10 Å². The number of halogens is 1. The molecule has 0 N–H and O–H groups in total. The Hall–Kier alpha value is 0.230. The Labute approximate surface area is 89.8 Å². The summed E-state index contributed by atoms with van der Waals surface area (Å²) in [5.74, 6) is 1.16. The SMILES string of the molecule is CCSc1c[n+]2ccsc2s1.[Cl-]. The molecule has 2 rings (SSSR count). The molecule has 0 bridgehead atoms. The Kier molecular flexibility index (Phi) is 3.83. The quantitative estimate of drug-likeness (QED) is 0.511. The van der Waals surface area contributed by atoms with Crippen molar-refractivity contribution >= 4 is 38.6 Å². The Morgan fingerprint density at radius 3 is 3.08 bits per heavy atom. The predicted molar refractivity (Wildman–Crippen MR) is 51.8 cm³/mol. The molecular formula is C7H8ClNS3. The Morgan fingerprint density at radius 1 is 1.58 bits per heavy atom. The minimum atomic E-state index is 0. The lowest BCUT2D eigenvalue weighted by atomic mass is 10.9. The number of rotatable bonds is 2. The first kappa shape index (κ1) is 10.3. The van der Waals surface area contributed by atoms with E-state index < -0.39 is 0 Å². The predicted octanol–water partition coefficient (Wildman–Crippen LogP) is -0.336. The van der Waals surface area contributed by atoms with Gasteiger partial charge in [-0.2, -0.15) is 0 Å². The van der Waals surface area contributed by atoms with Gasteiger partial charge in [-0.15, -0.1) is 16.2 Å². The van der Waals surface area contributed by atoms with E-state index >= 15 is 0 Å². The number of hydrogen-bond donors (Lipinski definition) is 0. The Balaban J connectivity index is 0.000000720. The number of thioether (sulfide) groups is 1. The average Bonchev–Trinajstić information content (AvgIpc) is 2.46. The van der Waals surface area contributed by atoms with Crippen molar-refractivity contribution in [3.05, 3.63) is 17.8 Å². The van der Waals surface area contributed by atoms with Gasteiger partial charge < -0.3 is 12.4 Å². The summed E-state index contributed by atoms with van der Waals surface area (Å²) in [7, 11) is 0. The molecule has 0 amide bonds. The monoisotopic (exact) mass is 237 g/mol. The van der Waals surface area contributed by atoms with E-state index in [1.807, 2.05) is 23.1 Å².